The maximum Gasteiger partial charge on any atom is 0.322 e. The minimum atomic E-state index is -0.775. The molecular weight excluding hydrogens is 270 g/mol. The van der Waals surface area contributed by atoms with Gasteiger partial charge in [-0.2, -0.15) is 0 Å². The molecule has 0 aromatic rings. The van der Waals surface area contributed by atoms with Crippen LogP contribution < -0.4 is 10.6 Å². The number of nitrogens with zero attached hydrogens (tertiary/aromatic N) is 1. The summed E-state index contributed by atoms with van der Waals surface area (Å²) in [6.07, 6.45) is 5.84. The lowest BCUT2D eigenvalue weighted by Gasteiger charge is -2.39. The summed E-state index contributed by atoms with van der Waals surface area (Å²) in [6, 6.07) is -0.409. The molecule has 0 aromatic heterocycles. The smallest absolute Gasteiger partial charge is 0.322 e. The van der Waals surface area contributed by atoms with Gasteiger partial charge in [0.1, 0.15) is 5.54 Å². The van der Waals surface area contributed by atoms with Crippen molar-refractivity contribution in [2.45, 2.75) is 44.1 Å². The van der Waals surface area contributed by atoms with Gasteiger partial charge in [-0.15, -0.1) is 0 Å². The minimum absolute atomic E-state index is 0.213. The Morgan fingerprint density at radius 1 is 1.14 bits per heavy atom. The van der Waals surface area contributed by atoms with E-state index in [9.17, 15) is 14.4 Å². The fraction of sp³-hybridized carbons (Fsp3) is 0.800. The summed E-state index contributed by atoms with van der Waals surface area (Å²) in [5, 5.41) is 5.04. The molecule has 4 amide bonds. The third kappa shape index (κ3) is 1.95. The number of nitrogens with one attached hydrogen (secondary N) is 2. The molecule has 1 spiro atoms. The van der Waals surface area contributed by atoms with Crippen LogP contribution in [0.4, 0.5) is 4.79 Å². The van der Waals surface area contributed by atoms with Gasteiger partial charge in [-0.3, -0.25) is 14.9 Å². The predicted octanol–water partition coefficient (Wildman–Crippen LogP) is 0.623. The van der Waals surface area contributed by atoms with E-state index in [2.05, 4.69) is 10.6 Å². The first-order chi connectivity index (χ1) is 10.1. The van der Waals surface area contributed by atoms with Crippen LogP contribution in [0.2, 0.25) is 0 Å². The zero-order chi connectivity index (χ0) is 14.6. The van der Waals surface area contributed by atoms with E-state index in [1.807, 2.05) is 4.90 Å². The number of carbonyl (C=O) groups excluding carboxylic acids is 3. The van der Waals surface area contributed by atoms with Gasteiger partial charge in [0.05, 0.1) is 0 Å². The van der Waals surface area contributed by atoms with Gasteiger partial charge in [0, 0.05) is 19.0 Å². The van der Waals surface area contributed by atoms with Crippen molar-refractivity contribution < 1.29 is 14.4 Å². The minimum Gasteiger partial charge on any atom is -0.342 e. The highest BCUT2D eigenvalue weighted by molar-refractivity contribution is 6.07. The van der Waals surface area contributed by atoms with Crippen LogP contribution in [0.25, 0.3) is 0 Å². The first-order valence-corrected chi connectivity index (χ1v) is 8.00. The van der Waals surface area contributed by atoms with Crippen LogP contribution in [0.3, 0.4) is 0 Å². The summed E-state index contributed by atoms with van der Waals surface area (Å²) in [5.41, 5.74) is -0.775. The van der Waals surface area contributed by atoms with Crippen molar-refractivity contribution in [3.8, 4) is 0 Å². The van der Waals surface area contributed by atoms with E-state index >= 15 is 0 Å². The average Bonchev–Trinajstić information content (AvgIpc) is 3.15. The summed E-state index contributed by atoms with van der Waals surface area (Å²) < 4.78 is 0. The summed E-state index contributed by atoms with van der Waals surface area (Å²) in [4.78, 5) is 37.8. The Morgan fingerprint density at radius 2 is 1.90 bits per heavy atom. The van der Waals surface area contributed by atoms with Crippen molar-refractivity contribution in [2.75, 3.05) is 13.1 Å². The van der Waals surface area contributed by atoms with E-state index in [-0.39, 0.29) is 17.7 Å². The molecule has 2 heterocycles. The van der Waals surface area contributed by atoms with Gasteiger partial charge in [-0.1, -0.05) is 6.42 Å². The maximum absolute atomic E-state index is 12.7. The summed E-state index contributed by atoms with van der Waals surface area (Å²) in [7, 11) is 0. The molecule has 2 aliphatic heterocycles. The predicted molar refractivity (Wildman–Crippen MR) is 74.2 cm³/mol. The van der Waals surface area contributed by atoms with E-state index in [0.717, 1.165) is 12.3 Å². The molecule has 4 aliphatic rings. The molecule has 6 heteroatoms. The van der Waals surface area contributed by atoms with E-state index in [1.54, 1.807) is 0 Å². The van der Waals surface area contributed by atoms with E-state index in [4.69, 9.17) is 0 Å². The Bertz CT molecular complexity index is 510. The van der Waals surface area contributed by atoms with Gasteiger partial charge in [-0.25, -0.2) is 4.79 Å². The van der Waals surface area contributed by atoms with Crippen molar-refractivity contribution >= 4 is 17.8 Å². The van der Waals surface area contributed by atoms with Gasteiger partial charge >= 0.3 is 6.03 Å². The Morgan fingerprint density at radius 3 is 2.43 bits per heavy atom. The van der Waals surface area contributed by atoms with Crippen molar-refractivity contribution in [2.24, 2.45) is 17.8 Å². The maximum atomic E-state index is 12.7. The molecule has 2 saturated heterocycles. The Balaban J connectivity index is 1.40. The lowest BCUT2D eigenvalue weighted by molar-refractivity contribution is -0.140. The highest BCUT2D eigenvalue weighted by Crippen LogP contribution is 2.49. The average molecular weight is 291 g/mol. The van der Waals surface area contributed by atoms with Crippen molar-refractivity contribution in [3.63, 3.8) is 0 Å². The van der Waals surface area contributed by atoms with Gasteiger partial charge < -0.3 is 10.2 Å². The Hall–Kier alpha value is -1.59. The number of hydrogen-bond acceptors (Lipinski definition) is 3. The molecule has 0 unspecified atom stereocenters. The number of likely N-dealkylation sites (tertiary alicyclic amines) is 1. The highest BCUT2D eigenvalue weighted by atomic mass is 16.2. The quantitative estimate of drug-likeness (QED) is 0.695. The molecule has 2 N–H and O–H groups in total. The monoisotopic (exact) mass is 291 g/mol. The molecule has 2 saturated carbocycles. The molecule has 4 fully saturated rings. The van der Waals surface area contributed by atoms with E-state index in [1.165, 1.54) is 19.3 Å². The first-order valence-electron chi connectivity index (χ1n) is 8.00. The standard InChI is InChI=1S/C15H21N3O3/c19-12(11-8-9-1-2-10(11)7-9)18-5-3-15(4-6-18)13(20)16-14(21)17-15/h9-11H,1-8H2,(H2,16,17,20,21)/t9-,10-,11-/m0/s1. The number of rotatable bonds is 1. The van der Waals surface area contributed by atoms with Gasteiger partial charge in [0.25, 0.3) is 5.91 Å². The number of carbonyl (C=O) groups is 3. The first kappa shape index (κ1) is 13.1. The SMILES string of the molecule is O=C1NC(=O)C2(CCN(C(=O)[C@H]3C[C@H]4CC[C@H]3C4)CC2)N1. The van der Waals surface area contributed by atoms with Crippen LogP contribution in [0.15, 0.2) is 0 Å². The van der Waals surface area contributed by atoms with Crippen molar-refractivity contribution in [3.05, 3.63) is 0 Å². The molecule has 2 bridgehead atoms. The molecule has 0 radical (unpaired) electrons. The fourth-order valence-corrected chi connectivity index (χ4v) is 4.77. The summed E-state index contributed by atoms with van der Waals surface area (Å²) in [5.74, 6) is 1.61. The second-order valence-electron chi connectivity index (χ2n) is 7.10. The third-order valence-electron chi connectivity index (χ3n) is 6.00. The molecule has 0 aromatic carbocycles. The third-order valence-corrected chi connectivity index (χ3v) is 6.00. The number of amides is 4. The van der Waals surface area contributed by atoms with Gasteiger partial charge in [0.2, 0.25) is 5.91 Å². The van der Waals surface area contributed by atoms with Crippen LogP contribution in [-0.2, 0) is 9.59 Å². The molecule has 21 heavy (non-hydrogen) atoms. The molecule has 3 atom stereocenters. The Labute approximate surface area is 123 Å². The lowest BCUT2D eigenvalue weighted by Crippen LogP contribution is -2.56. The Kier molecular flexibility index (Phi) is 2.78. The van der Waals surface area contributed by atoms with Crippen molar-refractivity contribution in [1.82, 2.24) is 15.5 Å². The number of fused-ring (bicyclic) bond motifs is 2. The number of urea groups is 1. The van der Waals surface area contributed by atoms with Crippen LogP contribution in [0, 0.1) is 17.8 Å². The number of hydrogen-bond donors (Lipinski definition) is 2. The molecule has 4 rings (SSSR count). The number of piperidine rings is 1. The molecule has 2 aliphatic carbocycles. The van der Waals surface area contributed by atoms with E-state index in [0.29, 0.717) is 31.8 Å². The highest BCUT2D eigenvalue weighted by Gasteiger charge is 2.50. The second-order valence-corrected chi connectivity index (χ2v) is 7.10. The second kappa shape index (κ2) is 4.45. The van der Waals surface area contributed by atoms with Gasteiger partial charge in [0.15, 0.2) is 0 Å². The lowest BCUT2D eigenvalue weighted by atomic mass is 9.84. The van der Waals surface area contributed by atoms with Crippen LogP contribution >= 0.6 is 0 Å². The normalized spacial score (nSPS) is 37.0. The van der Waals surface area contributed by atoms with Crippen molar-refractivity contribution in [1.29, 1.82) is 0 Å². The van der Waals surface area contributed by atoms with E-state index < -0.39 is 11.6 Å². The van der Waals surface area contributed by atoms with Crippen LogP contribution in [0.1, 0.15) is 38.5 Å². The molecule has 114 valence electrons. The number of imide groups is 1. The largest absolute Gasteiger partial charge is 0.342 e. The molecule has 6 nitrogen and oxygen atoms in total. The zero-order valence-corrected chi connectivity index (χ0v) is 12.1. The van der Waals surface area contributed by atoms with Crippen LogP contribution in [0.5, 0.6) is 0 Å². The topological polar surface area (TPSA) is 78.5 Å². The summed E-state index contributed by atoms with van der Waals surface area (Å²) >= 11 is 0. The zero-order valence-electron chi connectivity index (χ0n) is 12.1. The fourth-order valence-electron chi connectivity index (χ4n) is 4.77. The van der Waals surface area contributed by atoms with Crippen LogP contribution in [-0.4, -0.2) is 41.4 Å². The molecular formula is C15H21N3O3. The van der Waals surface area contributed by atoms with Gasteiger partial charge in [-0.05, 0) is 43.9 Å². The summed E-state index contributed by atoms with van der Waals surface area (Å²) in [6.45, 7) is 1.14.